The van der Waals surface area contributed by atoms with Crippen molar-refractivity contribution in [2.24, 2.45) is 0 Å². The van der Waals surface area contributed by atoms with Gasteiger partial charge in [-0.25, -0.2) is 0 Å². The van der Waals surface area contributed by atoms with E-state index >= 15 is 0 Å². The first-order chi connectivity index (χ1) is 6.66. The number of terminal acetylenes is 1. The van der Waals surface area contributed by atoms with E-state index in [1.807, 2.05) is 18.2 Å². The molecule has 0 fully saturated rings. The molecule has 0 radical (unpaired) electrons. The molecule has 1 rings (SSSR count). The summed E-state index contributed by atoms with van der Waals surface area (Å²) in [5, 5.41) is 0. The van der Waals surface area contributed by atoms with Gasteiger partial charge in [0, 0.05) is 11.5 Å². The van der Waals surface area contributed by atoms with Crippen LogP contribution in [0.25, 0.3) is 0 Å². The monoisotopic (exact) mass is 251 g/mol. The highest BCUT2D eigenvalue weighted by Gasteiger charge is 2.12. The van der Waals surface area contributed by atoms with Crippen molar-refractivity contribution in [3.8, 4) is 12.3 Å². The summed E-state index contributed by atoms with van der Waals surface area (Å²) in [5.41, 5.74) is 0.630. The molecule has 0 spiro atoms. The summed E-state index contributed by atoms with van der Waals surface area (Å²) in [6, 6.07) is 7.28. The molecule has 1 aromatic carbocycles. The molecule has 0 N–H and O–H groups in total. The van der Waals surface area contributed by atoms with Gasteiger partial charge in [-0.1, -0.05) is 18.1 Å². The second-order valence-corrected chi connectivity index (χ2v) is 3.70. The third-order valence-corrected chi connectivity index (χ3v) is 2.47. The van der Waals surface area contributed by atoms with E-state index in [0.717, 1.165) is 4.47 Å². The lowest BCUT2D eigenvalue weighted by atomic mass is 10.2. The van der Waals surface area contributed by atoms with E-state index in [9.17, 15) is 4.79 Å². The smallest absolute Gasteiger partial charge is 0.255 e. The van der Waals surface area contributed by atoms with Crippen LogP contribution in [0.4, 0.5) is 0 Å². The van der Waals surface area contributed by atoms with Crippen LogP contribution in [0.15, 0.2) is 28.7 Å². The lowest BCUT2D eigenvalue weighted by Crippen LogP contribution is -2.27. The number of benzene rings is 1. The number of hydrogen-bond donors (Lipinski definition) is 0. The van der Waals surface area contributed by atoms with Crippen molar-refractivity contribution in [3.63, 3.8) is 0 Å². The van der Waals surface area contributed by atoms with Gasteiger partial charge in [-0.2, -0.15) is 0 Å². The van der Waals surface area contributed by atoms with Crippen molar-refractivity contribution >= 4 is 21.8 Å². The second kappa shape index (κ2) is 4.83. The summed E-state index contributed by atoms with van der Waals surface area (Å²) < 4.78 is 0.786. The van der Waals surface area contributed by atoms with E-state index < -0.39 is 0 Å². The molecular weight excluding hydrogens is 242 g/mol. The highest BCUT2D eigenvalue weighted by molar-refractivity contribution is 9.10. The first-order valence-corrected chi connectivity index (χ1v) is 4.89. The van der Waals surface area contributed by atoms with Gasteiger partial charge in [0.1, 0.15) is 0 Å². The van der Waals surface area contributed by atoms with Crippen LogP contribution in [0.5, 0.6) is 0 Å². The summed E-state index contributed by atoms with van der Waals surface area (Å²) in [7, 11) is 1.68. The quantitative estimate of drug-likeness (QED) is 0.738. The van der Waals surface area contributed by atoms with Crippen LogP contribution in [0, 0.1) is 12.3 Å². The lowest BCUT2D eigenvalue weighted by molar-refractivity contribution is 0.0811. The predicted molar refractivity (Wildman–Crippen MR) is 59.9 cm³/mol. The molecule has 0 aliphatic rings. The fraction of sp³-hybridized carbons (Fsp3) is 0.182. The minimum Gasteiger partial charge on any atom is -0.331 e. The predicted octanol–water partition coefficient (Wildman–Crippen LogP) is 2.15. The van der Waals surface area contributed by atoms with E-state index in [0.29, 0.717) is 12.1 Å². The van der Waals surface area contributed by atoms with Gasteiger partial charge in [-0.3, -0.25) is 4.79 Å². The van der Waals surface area contributed by atoms with Crippen LogP contribution in [0.1, 0.15) is 10.4 Å². The third-order valence-electron chi connectivity index (χ3n) is 1.78. The Balaban J connectivity index is 2.91. The molecule has 0 heterocycles. The van der Waals surface area contributed by atoms with E-state index in [1.54, 1.807) is 13.1 Å². The zero-order valence-electron chi connectivity index (χ0n) is 7.83. The van der Waals surface area contributed by atoms with Crippen LogP contribution in [0.3, 0.4) is 0 Å². The van der Waals surface area contributed by atoms with Crippen molar-refractivity contribution in [1.82, 2.24) is 4.90 Å². The van der Waals surface area contributed by atoms with E-state index in [4.69, 9.17) is 6.42 Å². The largest absolute Gasteiger partial charge is 0.331 e. The molecule has 0 saturated heterocycles. The summed E-state index contributed by atoms with van der Waals surface area (Å²) in [4.78, 5) is 13.3. The molecule has 0 saturated carbocycles. The molecule has 0 unspecified atom stereocenters. The van der Waals surface area contributed by atoms with Gasteiger partial charge >= 0.3 is 0 Å². The van der Waals surface area contributed by atoms with Crippen molar-refractivity contribution in [2.45, 2.75) is 0 Å². The van der Waals surface area contributed by atoms with Crippen LogP contribution < -0.4 is 0 Å². The van der Waals surface area contributed by atoms with Gasteiger partial charge in [0.2, 0.25) is 0 Å². The highest BCUT2D eigenvalue weighted by atomic mass is 79.9. The second-order valence-electron chi connectivity index (χ2n) is 2.85. The maximum absolute atomic E-state index is 11.8. The first-order valence-electron chi connectivity index (χ1n) is 4.10. The fourth-order valence-corrected chi connectivity index (χ4v) is 1.50. The Morgan fingerprint density at radius 1 is 1.57 bits per heavy atom. The summed E-state index contributed by atoms with van der Waals surface area (Å²) in [6.07, 6.45) is 5.13. The summed E-state index contributed by atoms with van der Waals surface area (Å²) >= 11 is 3.32. The maximum atomic E-state index is 11.8. The topological polar surface area (TPSA) is 20.3 Å². The van der Waals surface area contributed by atoms with Gasteiger partial charge in [0.05, 0.1) is 12.1 Å². The van der Waals surface area contributed by atoms with Gasteiger partial charge in [0.25, 0.3) is 5.91 Å². The first kappa shape index (κ1) is 10.8. The van der Waals surface area contributed by atoms with Crippen molar-refractivity contribution in [3.05, 3.63) is 34.3 Å². The van der Waals surface area contributed by atoms with Gasteiger partial charge in [-0.05, 0) is 28.1 Å². The van der Waals surface area contributed by atoms with Gasteiger partial charge in [-0.15, -0.1) is 6.42 Å². The Morgan fingerprint density at radius 3 is 2.79 bits per heavy atom. The molecule has 0 aliphatic carbocycles. The molecule has 2 nitrogen and oxygen atoms in total. The van der Waals surface area contributed by atoms with Crippen LogP contribution in [-0.2, 0) is 0 Å². The van der Waals surface area contributed by atoms with Crippen LogP contribution >= 0.6 is 15.9 Å². The Hall–Kier alpha value is -1.27. The molecule has 3 heteroatoms. The molecule has 14 heavy (non-hydrogen) atoms. The third kappa shape index (κ3) is 2.36. The number of hydrogen-bond acceptors (Lipinski definition) is 1. The number of nitrogens with zero attached hydrogens (tertiary/aromatic N) is 1. The average Bonchev–Trinajstić information content (AvgIpc) is 2.18. The molecule has 1 aromatic rings. The highest BCUT2D eigenvalue weighted by Crippen LogP contribution is 2.17. The number of rotatable bonds is 2. The van der Waals surface area contributed by atoms with E-state index in [1.165, 1.54) is 4.90 Å². The van der Waals surface area contributed by atoms with Crippen molar-refractivity contribution in [1.29, 1.82) is 0 Å². The zero-order valence-corrected chi connectivity index (χ0v) is 9.41. The minimum atomic E-state index is -0.0737. The standard InChI is InChI=1S/C11H10BrNO/c1-3-8-13(2)11(14)9-6-4-5-7-10(9)12/h1,4-7H,8H2,2H3. The van der Waals surface area contributed by atoms with Crippen LogP contribution in [0.2, 0.25) is 0 Å². The molecule has 0 bridgehead atoms. The summed E-state index contributed by atoms with van der Waals surface area (Å²) in [6.45, 7) is 0.320. The van der Waals surface area contributed by atoms with Crippen molar-refractivity contribution in [2.75, 3.05) is 13.6 Å². The van der Waals surface area contributed by atoms with Gasteiger partial charge < -0.3 is 4.90 Å². The van der Waals surface area contributed by atoms with Crippen molar-refractivity contribution < 1.29 is 4.79 Å². The number of amides is 1. The van der Waals surface area contributed by atoms with E-state index in [-0.39, 0.29) is 5.91 Å². The Labute approximate surface area is 92.0 Å². The molecule has 0 aliphatic heterocycles. The maximum Gasteiger partial charge on any atom is 0.255 e. The average molecular weight is 252 g/mol. The number of halogens is 1. The fourth-order valence-electron chi connectivity index (χ4n) is 1.05. The molecule has 0 aromatic heterocycles. The zero-order chi connectivity index (χ0) is 10.6. The normalized spacial score (nSPS) is 9.21. The van der Waals surface area contributed by atoms with Crippen LogP contribution in [-0.4, -0.2) is 24.4 Å². The lowest BCUT2D eigenvalue weighted by Gasteiger charge is -2.14. The van der Waals surface area contributed by atoms with E-state index in [2.05, 4.69) is 21.9 Å². The molecule has 0 atom stereocenters. The van der Waals surface area contributed by atoms with Gasteiger partial charge in [0.15, 0.2) is 0 Å². The Bertz CT molecular complexity index is 381. The molecular formula is C11H10BrNO. The minimum absolute atomic E-state index is 0.0737. The molecule has 1 amide bonds. The SMILES string of the molecule is C#CCN(C)C(=O)c1ccccc1Br. The number of carbonyl (C=O) groups is 1. The Morgan fingerprint density at radius 2 is 2.21 bits per heavy atom. The Kier molecular flexibility index (Phi) is 3.73. The molecule has 72 valence electrons. The summed E-state index contributed by atoms with van der Waals surface area (Å²) in [5.74, 6) is 2.35. The number of carbonyl (C=O) groups excluding carboxylic acids is 1.